The molecule has 0 radical (unpaired) electrons. The molecule has 0 fully saturated rings. The highest BCUT2D eigenvalue weighted by Crippen LogP contribution is 2.25. The molecule has 0 atom stereocenters. The van der Waals surface area contributed by atoms with E-state index >= 15 is 0 Å². The Kier molecular flexibility index (Phi) is 5.09. The monoisotopic (exact) mass is 369 g/mol. The number of halogens is 2. The average Bonchev–Trinajstić information content (AvgIpc) is 2.49. The van der Waals surface area contributed by atoms with Gasteiger partial charge in [-0.05, 0) is 51.8 Å². The second-order valence-electron chi connectivity index (χ2n) is 4.33. The lowest BCUT2D eigenvalue weighted by atomic mass is 10.1. The summed E-state index contributed by atoms with van der Waals surface area (Å²) in [5.74, 6) is -0.283. The summed E-state index contributed by atoms with van der Waals surface area (Å²) in [6.45, 7) is 0.543. The van der Waals surface area contributed by atoms with Crippen molar-refractivity contribution in [1.29, 1.82) is 0 Å². The first kappa shape index (κ1) is 15.7. The molecule has 0 aromatic heterocycles. The van der Waals surface area contributed by atoms with Crippen molar-refractivity contribution >= 4 is 39.2 Å². The van der Waals surface area contributed by atoms with Crippen molar-refractivity contribution < 1.29 is 14.6 Å². The van der Waals surface area contributed by atoms with Crippen molar-refractivity contribution in [3.05, 3.63) is 57.0 Å². The number of rotatable bonds is 4. The molecule has 6 heteroatoms. The van der Waals surface area contributed by atoms with Gasteiger partial charge in [-0.2, -0.15) is 0 Å². The quantitative estimate of drug-likeness (QED) is 0.792. The second-order valence-corrected chi connectivity index (χ2v) is 5.59. The zero-order valence-corrected chi connectivity index (χ0v) is 13.5. The summed E-state index contributed by atoms with van der Waals surface area (Å²) in [6, 6.07) is 10.3. The van der Waals surface area contributed by atoms with E-state index in [0.717, 1.165) is 11.3 Å². The lowest BCUT2D eigenvalue weighted by Gasteiger charge is -2.10. The van der Waals surface area contributed by atoms with Crippen LogP contribution in [0.25, 0.3) is 0 Å². The molecule has 4 nitrogen and oxygen atoms in total. The van der Waals surface area contributed by atoms with Crippen LogP contribution in [0, 0.1) is 0 Å². The van der Waals surface area contributed by atoms with Gasteiger partial charge in [0.25, 0.3) is 0 Å². The molecule has 2 N–H and O–H groups in total. The van der Waals surface area contributed by atoms with Crippen molar-refractivity contribution in [2.75, 3.05) is 12.4 Å². The van der Waals surface area contributed by atoms with Gasteiger partial charge < -0.3 is 15.2 Å². The summed E-state index contributed by atoms with van der Waals surface area (Å²) in [6.07, 6.45) is 0. The van der Waals surface area contributed by atoms with E-state index in [0.29, 0.717) is 21.6 Å². The first-order chi connectivity index (χ1) is 10.0. The molecular formula is C15H13BrClNO3. The van der Waals surface area contributed by atoms with E-state index in [1.165, 1.54) is 7.11 Å². The minimum Gasteiger partial charge on any atom is -0.507 e. The number of carbonyl (C=O) groups is 1. The fraction of sp³-hybridized carbons (Fsp3) is 0.133. The number of benzene rings is 2. The highest BCUT2D eigenvalue weighted by atomic mass is 79.9. The molecule has 0 unspecified atom stereocenters. The maximum atomic E-state index is 11.6. The minimum absolute atomic E-state index is 0.193. The molecule has 2 rings (SSSR count). The van der Waals surface area contributed by atoms with E-state index in [4.69, 9.17) is 11.6 Å². The van der Waals surface area contributed by atoms with Crippen LogP contribution in [0.4, 0.5) is 5.69 Å². The number of phenolic OH excluding ortho intramolecular Hbond substituents is 1. The number of hydrogen-bond donors (Lipinski definition) is 2. The van der Waals surface area contributed by atoms with Gasteiger partial charge in [-0.1, -0.05) is 17.7 Å². The Bertz CT molecular complexity index is 676. The molecule has 0 aliphatic rings. The smallest absolute Gasteiger partial charge is 0.339 e. The molecule has 0 amide bonds. The van der Waals surface area contributed by atoms with E-state index in [1.54, 1.807) is 24.3 Å². The minimum atomic E-state index is -0.476. The standard InChI is InChI=1S/C15H13BrClNO3/c1-21-15(20)11-7-10(3-4-13(11)17)18-8-9-2-5-14(19)12(16)6-9/h2-7,18-19H,8H2,1H3. The van der Waals surface area contributed by atoms with Crippen LogP contribution >= 0.6 is 27.5 Å². The molecule has 0 aliphatic heterocycles. The first-order valence-electron chi connectivity index (χ1n) is 6.10. The van der Waals surface area contributed by atoms with Crippen LogP contribution in [-0.4, -0.2) is 18.2 Å². The third kappa shape index (κ3) is 3.89. The van der Waals surface area contributed by atoms with Gasteiger partial charge in [0, 0.05) is 12.2 Å². The summed E-state index contributed by atoms with van der Waals surface area (Å²) in [5, 5.41) is 13.0. The number of ether oxygens (including phenoxy) is 1. The van der Waals surface area contributed by atoms with E-state index in [2.05, 4.69) is 26.0 Å². The predicted octanol–water partition coefficient (Wildman–Crippen LogP) is 4.21. The van der Waals surface area contributed by atoms with E-state index < -0.39 is 5.97 Å². The molecule has 2 aromatic carbocycles. The predicted molar refractivity (Wildman–Crippen MR) is 85.9 cm³/mol. The number of nitrogens with one attached hydrogen (secondary N) is 1. The molecule has 0 heterocycles. The van der Waals surface area contributed by atoms with Crippen LogP contribution in [0.2, 0.25) is 5.02 Å². The fourth-order valence-corrected chi connectivity index (χ4v) is 2.39. The summed E-state index contributed by atoms with van der Waals surface area (Å²) < 4.78 is 5.31. The summed E-state index contributed by atoms with van der Waals surface area (Å²) in [5.41, 5.74) is 2.05. The number of carbonyl (C=O) groups excluding carboxylic acids is 1. The second kappa shape index (κ2) is 6.83. The van der Waals surface area contributed by atoms with Crippen LogP contribution in [0.3, 0.4) is 0 Å². The molecule has 0 saturated carbocycles. The Balaban J connectivity index is 2.13. The number of methoxy groups -OCH3 is 1. The van der Waals surface area contributed by atoms with Crippen molar-refractivity contribution in [2.45, 2.75) is 6.54 Å². The van der Waals surface area contributed by atoms with Crippen LogP contribution in [0.15, 0.2) is 40.9 Å². The molecule has 110 valence electrons. The Hall–Kier alpha value is -1.72. The number of phenols is 1. The van der Waals surface area contributed by atoms with Crippen molar-refractivity contribution in [2.24, 2.45) is 0 Å². The summed E-state index contributed by atoms with van der Waals surface area (Å²) in [4.78, 5) is 11.6. The number of aromatic hydroxyl groups is 1. The maximum Gasteiger partial charge on any atom is 0.339 e. The Morgan fingerprint density at radius 3 is 2.76 bits per heavy atom. The highest BCUT2D eigenvalue weighted by Gasteiger charge is 2.11. The van der Waals surface area contributed by atoms with Crippen molar-refractivity contribution in [3.63, 3.8) is 0 Å². The molecule has 0 saturated heterocycles. The van der Waals surface area contributed by atoms with Gasteiger partial charge >= 0.3 is 5.97 Å². The normalized spacial score (nSPS) is 10.2. The summed E-state index contributed by atoms with van der Waals surface area (Å²) in [7, 11) is 1.31. The Morgan fingerprint density at radius 1 is 1.33 bits per heavy atom. The van der Waals surface area contributed by atoms with Crippen LogP contribution in [0.5, 0.6) is 5.75 Å². The topological polar surface area (TPSA) is 58.6 Å². The fourth-order valence-electron chi connectivity index (χ4n) is 1.77. The lowest BCUT2D eigenvalue weighted by molar-refractivity contribution is 0.0601. The van der Waals surface area contributed by atoms with Crippen LogP contribution in [-0.2, 0) is 11.3 Å². The molecule has 0 aliphatic carbocycles. The van der Waals surface area contributed by atoms with E-state index in [-0.39, 0.29) is 5.75 Å². The van der Waals surface area contributed by atoms with Gasteiger partial charge in [-0.3, -0.25) is 0 Å². The largest absolute Gasteiger partial charge is 0.507 e. The lowest BCUT2D eigenvalue weighted by Crippen LogP contribution is -2.05. The van der Waals surface area contributed by atoms with Crippen LogP contribution in [0.1, 0.15) is 15.9 Å². The van der Waals surface area contributed by atoms with Crippen LogP contribution < -0.4 is 5.32 Å². The van der Waals surface area contributed by atoms with Gasteiger partial charge in [0.1, 0.15) is 5.75 Å². The number of esters is 1. The van der Waals surface area contributed by atoms with E-state index in [9.17, 15) is 9.90 Å². The molecule has 21 heavy (non-hydrogen) atoms. The molecule has 2 aromatic rings. The van der Waals surface area contributed by atoms with Gasteiger partial charge in [0.15, 0.2) is 0 Å². The number of hydrogen-bond acceptors (Lipinski definition) is 4. The SMILES string of the molecule is COC(=O)c1cc(NCc2ccc(O)c(Br)c2)ccc1Cl. The van der Waals surface area contributed by atoms with Gasteiger partial charge in [-0.25, -0.2) is 4.79 Å². The Morgan fingerprint density at radius 2 is 2.10 bits per heavy atom. The third-order valence-electron chi connectivity index (χ3n) is 2.88. The molecular weight excluding hydrogens is 358 g/mol. The highest BCUT2D eigenvalue weighted by molar-refractivity contribution is 9.10. The third-order valence-corrected chi connectivity index (χ3v) is 3.85. The van der Waals surface area contributed by atoms with Gasteiger partial charge in [-0.15, -0.1) is 0 Å². The van der Waals surface area contributed by atoms with E-state index in [1.807, 2.05) is 12.1 Å². The Labute approximate surface area is 135 Å². The zero-order chi connectivity index (χ0) is 15.4. The average molecular weight is 371 g/mol. The maximum absolute atomic E-state index is 11.6. The summed E-state index contributed by atoms with van der Waals surface area (Å²) >= 11 is 9.23. The van der Waals surface area contributed by atoms with Gasteiger partial charge in [0.05, 0.1) is 22.2 Å². The van der Waals surface area contributed by atoms with Gasteiger partial charge in [0.2, 0.25) is 0 Å². The number of anilines is 1. The molecule has 0 spiro atoms. The first-order valence-corrected chi connectivity index (χ1v) is 7.27. The van der Waals surface area contributed by atoms with Crippen molar-refractivity contribution in [1.82, 2.24) is 0 Å². The van der Waals surface area contributed by atoms with Crippen molar-refractivity contribution in [3.8, 4) is 5.75 Å². The zero-order valence-electron chi connectivity index (χ0n) is 11.2. The molecule has 0 bridgehead atoms.